The molecule has 1 aromatic carbocycles. The molecule has 30 heavy (non-hydrogen) atoms. The third-order valence-electron chi connectivity index (χ3n) is 7.41. The highest BCUT2D eigenvalue weighted by molar-refractivity contribution is 5.35. The molecule has 0 aliphatic heterocycles. The second-order valence-electron chi connectivity index (χ2n) is 9.30. The molecule has 2 fully saturated rings. The third-order valence-corrected chi connectivity index (χ3v) is 7.41. The molecule has 2 aliphatic rings. The molecule has 0 aromatic heterocycles. The minimum Gasteiger partial charge on any atom is -0.377 e. The Labute approximate surface area is 180 Å². The fourth-order valence-corrected chi connectivity index (χ4v) is 5.56. The fourth-order valence-electron chi connectivity index (χ4n) is 5.56. The lowest BCUT2D eigenvalue weighted by Crippen LogP contribution is -2.26. The topological polar surface area (TPSA) is 33.0 Å². The van der Waals surface area contributed by atoms with Crippen molar-refractivity contribution in [3.8, 4) is 6.07 Å². The molecule has 0 amide bonds. The number of halogens is 2. The van der Waals surface area contributed by atoms with Crippen LogP contribution < -0.4 is 0 Å². The van der Waals surface area contributed by atoms with Crippen LogP contribution in [0.25, 0.3) is 0 Å². The fraction of sp³-hybridized carbons (Fsp3) is 0.654. The number of rotatable bonds is 9. The first-order chi connectivity index (χ1) is 14.6. The lowest BCUT2D eigenvalue weighted by molar-refractivity contribution is 0.110. The normalized spacial score (nSPS) is 26.8. The molecular weight excluding hydrogens is 380 g/mol. The van der Waals surface area contributed by atoms with Crippen molar-refractivity contribution in [2.24, 2.45) is 23.7 Å². The van der Waals surface area contributed by atoms with Gasteiger partial charge in [0.25, 0.3) is 0 Å². The first-order valence-corrected chi connectivity index (χ1v) is 11.7. The van der Waals surface area contributed by atoms with Crippen LogP contribution in [0, 0.1) is 46.6 Å². The Morgan fingerprint density at radius 3 is 1.97 bits per heavy atom. The summed E-state index contributed by atoms with van der Waals surface area (Å²) in [6, 6.07) is 4.25. The zero-order chi connectivity index (χ0) is 21.3. The Bertz CT molecular complexity index is 702. The standard InChI is InChI=1S/C26H35F2NO/c1-2-14-30-15-13-20-7-11-23(12-8-20)22-9-5-19(6-10-22)3-4-21-16-25(27)24(18-29)26(28)17-21/h2,16-17,19-20,22-23H,1,3-15H2. The van der Waals surface area contributed by atoms with Crippen LogP contribution in [0.3, 0.4) is 0 Å². The SMILES string of the molecule is C=CCOCCC1CCC(C2CCC(CCc3cc(F)c(C#N)c(F)c3)CC2)CC1. The first-order valence-electron chi connectivity index (χ1n) is 11.7. The summed E-state index contributed by atoms with van der Waals surface area (Å²) in [4.78, 5) is 0. The number of ether oxygens (including phenoxy) is 1. The Morgan fingerprint density at radius 1 is 0.933 bits per heavy atom. The van der Waals surface area contributed by atoms with E-state index in [1.165, 1.54) is 69.9 Å². The molecule has 0 saturated heterocycles. The highest BCUT2D eigenvalue weighted by Gasteiger charge is 2.30. The summed E-state index contributed by atoms with van der Waals surface area (Å²) < 4.78 is 33.1. The molecule has 0 atom stereocenters. The molecule has 0 N–H and O–H groups in total. The van der Waals surface area contributed by atoms with Crippen molar-refractivity contribution in [1.29, 1.82) is 5.26 Å². The maximum Gasteiger partial charge on any atom is 0.144 e. The number of nitrogens with zero attached hydrogens (tertiary/aromatic N) is 1. The molecule has 2 saturated carbocycles. The summed E-state index contributed by atoms with van der Waals surface area (Å²) in [7, 11) is 0. The first kappa shape index (κ1) is 22.9. The summed E-state index contributed by atoms with van der Waals surface area (Å²) in [6.45, 7) is 5.21. The lowest BCUT2D eigenvalue weighted by Gasteiger charge is -2.38. The van der Waals surface area contributed by atoms with Gasteiger partial charge in [0.05, 0.1) is 6.61 Å². The van der Waals surface area contributed by atoms with E-state index in [0.29, 0.717) is 24.5 Å². The summed E-state index contributed by atoms with van der Waals surface area (Å²) in [6.07, 6.45) is 15.2. The van der Waals surface area contributed by atoms with E-state index in [0.717, 1.165) is 30.8 Å². The van der Waals surface area contributed by atoms with Gasteiger partial charge in [-0.3, -0.25) is 0 Å². The molecule has 0 heterocycles. The summed E-state index contributed by atoms with van der Waals surface area (Å²) in [5.74, 6) is 1.76. The van der Waals surface area contributed by atoms with Crippen molar-refractivity contribution >= 4 is 0 Å². The van der Waals surface area contributed by atoms with E-state index in [1.807, 2.05) is 6.08 Å². The molecule has 2 nitrogen and oxygen atoms in total. The van der Waals surface area contributed by atoms with Crippen LogP contribution in [0.5, 0.6) is 0 Å². The van der Waals surface area contributed by atoms with Crippen LogP contribution in [0.2, 0.25) is 0 Å². The van der Waals surface area contributed by atoms with Crippen LogP contribution in [0.4, 0.5) is 8.78 Å². The van der Waals surface area contributed by atoms with Crippen molar-refractivity contribution < 1.29 is 13.5 Å². The van der Waals surface area contributed by atoms with Crippen molar-refractivity contribution in [2.45, 2.75) is 70.6 Å². The van der Waals surface area contributed by atoms with Gasteiger partial charge in [0.15, 0.2) is 0 Å². The smallest absolute Gasteiger partial charge is 0.144 e. The second kappa shape index (κ2) is 11.6. The molecule has 0 bridgehead atoms. The molecule has 0 spiro atoms. The van der Waals surface area contributed by atoms with Gasteiger partial charge in [0.1, 0.15) is 23.3 Å². The minimum absolute atomic E-state index is 0.474. The van der Waals surface area contributed by atoms with Gasteiger partial charge in [-0.05, 0) is 86.3 Å². The average Bonchev–Trinajstić information content (AvgIpc) is 2.76. The van der Waals surface area contributed by atoms with Gasteiger partial charge in [-0.2, -0.15) is 5.26 Å². The van der Waals surface area contributed by atoms with Crippen LogP contribution in [-0.4, -0.2) is 13.2 Å². The highest BCUT2D eigenvalue weighted by atomic mass is 19.1. The molecule has 2 aliphatic carbocycles. The van der Waals surface area contributed by atoms with E-state index in [-0.39, 0.29) is 0 Å². The van der Waals surface area contributed by atoms with Gasteiger partial charge in [0.2, 0.25) is 0 Å². The molecule has 0 unspecified atom stereocenters. The third kappa shape index (κ3) is 6.38. The van der Waals surface area contributed by atoms with E-state index in [4.69, 9.17) is 10.00 Å². The van der Waals surface area contributed by atoms with Crippen molar-refractivity contribution in [2.75, 3.05) is 13.2 Å². The predicted molar refractivity (Wildman–Crippen MR) is 116 cm³/mol. The maximum atomic E-state index is 13.8. The molecule has 1 aromatic rings. The quantitative estimate of drug-likeness (QED) is 0.322. The van der Waals surface area contributed by atoms with Crippen LogP contribution >= 0.6 is 0 Å². The van der Waals surface area contributed by atoms with E-state index in [9.17, 15) is 8.78 Å². The number of aryl methyl sites for hydroxylation is 1. The average molecular weight is 416 g/mol. The van der Waals surface area contributed by atoms with Gasteiger partial charge in [-0.1, -0.05) is 31.8 Å². The van der Waals surface area contributed by atoms with Gasteiger partial charge in [0, 0.05) is 6.61 Å². The van der Waals surface area contributed by atoms with E-state index in [1.54, 1.807) is 6.07 Å². The van der Waals surface area contributed by atoms with Crippen molar-refractivity contribution in [3.05, 3.63) is 47.5 Å². The van der Waals surface area contributed by atoms with Gasteiger partial charge >= 0.3 is 0 Å². The Kier molecular flexibility index (Phi) is 8.88. The van der Waals surface area contributed by atoms with Crippen LogP contribution in [-0.2, 0) is 11.2 Å². The number of benzene rings is 1. The summed E-state index contributed by atoms with van der Waals surface area (Å²) >= 11 is 0. The zero-order valence-electron chi connectivity index (χ0n) is 18.1. The number of nitriles is 1. The lowest BCUT2D eigenvalue weighted by atomic mass is 9.68. The molecular formula is C26H35F2NO. The Morgan fingerprint density at radius 2 is 1.47 bits per heavy atom. The second-order valence-corrected chi connectivity index (χ2v) is 9.30. The van der Waals surface area contributed by atoms with Gasteiger partial charge < -0.3 is 4.74 Å². The van der Waals surface area contributed by atoms with Gasteiger partial charge in [-0.15, -0.1) is 6.58 Å². The van der Waals surface area contributed by atoms with Crippen LogP contribution in [0.15, 0.2) is 24.8 Å². The number of hydrogen-bond acceptors (Lipinski definition) is 2. The Balaban J connectivity index is 1.36. The van der Waals surface area contributed by atoms with Crippen molar-refractivity contribution in [1.82, 2.24) is 0 Å². The molecule has 3 rings (SSSR count). The minimum atomic E-state index is -0.737. The maximum absolute atomic E-state index is 13.8. The Hall–Kier alpha value is -1.73. The zero-order valence-corrected chi connectivity index (χ0v) is 18.1. The molecule has 164 valence electrons. The predicted octanol–water partition coefficient (Wildman–Crippen LogP) is 6.97. The highest BCUT2D eigenvalue weighted by Crippen LogP contribution is 2.42. The van der Waals surface area contributed by atoms with Crippen molar-refractivity contribution in [3.63, 3.8) is 0 Å². The van der Waals surface area contributed by atoms with E-state index >= 15 is 0 Å². The summed E-state index contributed by atoms with van der Waals surface area (Å²) in [5.41, 5.74) is 0.194. The largest absolute Gasteiger partial charge is 0.377 e. The van der Waals surface area contributed by atoms with Crippen LogP contribution in [0.1, 0.15) is 75.3 Å². The monoisotopic (exact) mass is 415 g/mol. The van der Waals surface area contributed by atoms with E-state index in [2.05, 4.69) is 6.58 Å². The number of hydrogen-bond donors (Lipinski definition) is 0. The summed E-state index contributed by atoms with van der Waals surface area (Å²) in [5, 5.41) is 8.79. The molecule has 4 heteroatoms. The van der Waals surface area contributed by atoms with E-state index < -0.39 is 17.2 Å². The molecule has 0 radical (unpaired) electrons. The van der Waals surface area contributed by atoms with Gasteiger partial charge in [-0.25, -0.2) is 8.78 Å².